The zero-order valence-electron chi connectivity index (χ0n) is 14.3. The number of hydrogen-bond acceptors (Lipinski definition) is 5. The highest BCUT2D eigenvalue weighted by Gasteiger charge is 2.34. The molecule has 0 unspecified atom stereocenters. The summed E-state index contributed by atoms with van der Waals surface area (Å²) in [6, 6.07) is 0.904. The molecule has 0 aliphatic carbocycles. The number of halogens is 5. The first-order valence-corrected chi connectivity index (χ1v) is 7.89. The molecule has 1 aromatic heterocycles. The lowest BCUT2D eigenvalue weighted by Gasteiger charge is -2.15. The normalized spacial score (nSPS) is 11.4. The van der Waals surface area contributed by atoms with Crippen molar-refractivity contribution in [1.82, 2.24) is 9.78 Å². The van der Waals surface area contributed by atoms with Crippen LogP contribution in [0.15, 0.2) is 17.1 Å². The van der Waals surface area contributed by atoms with E-state index in [4.69, 9.17) is 16.5 Å². The van der Waals surface area contributed by atoms with Crippen molar-refractivity contribution in [1.29, 1.82) is 0 Å². The quantitative estimate of drug-likeness (QED) is 0.437. The lowest BCUT2D eigenvalue weighted by atomic mass is 10.1. The molecule has 27 heavy (non-hydrogen) atoms. The molecule has 11 heteroatoms. The van der Waals surface area contributed by atoms with Crippen LogP contribution in [0.1, 0.15) is 30.5 Å². The maximum atomic E-state index is 14.8. The Bertz CT molecular complexity index is 957. The van der Waals surface area contributed by atoms with E-state index in [9.17, 15) is 27.2 Å². The van der Waals surface area contributed by atoms with Crippen molar-refractivity contribution >= 4 is 17.6 Å². The molecular weight excluding hydrogens is 396 g/mol. The van der Waals surface area contributed by atoms with Crippen molar-refractivity contribution in [2.75, 3.05) is 0 Å². The third-order valence-corrected chi connectivity index (χ3v) is 4.01. The number of carbonyl (C=O) groups excluding carboxylic acids is 1. The van der Waals surface area contributed by atoms with Gasteiger partial charge in [-0.2, -0.15) is 23.0 Å². The molecule has 0 saturated carbocycles. The Morgan fingerprint density at radius 3 is 2.52 bits per heavy atom. The summed E-state index contributed by atoms with van der Waals surface area (Å²) in [5.74, 6) is -2.09. The number of carbonyl (C=O) groups is 1. The predicted octanol–water partition coefficient (Wildman–Crippen LogP) is 3.77. The van der Waals surface area contributed by atoms with Crippen molar-refractivity contribution in [3.05, 3.63) is 50.1 Å². The van der Waals surface area contributed by atoms with Crippen LogP contribution in [0.4, 0.5) is 17.6 Å². The first-order chi connectivity index (χ1) is 12.5. The number of benzene rings is 1. The molecule has 6 nitrogen and oxygen atoms in total. The first-order valence-electron chi connectivity index (χ1n) is 7.51. The van der Waals surface area contributed by atoms with E-state index in [1.165, 1.54) is 0 Å². The van der Waals surface area contributed by atoms with Gasteiger partial charge in [-0.3, -0.25) is 14.6 Å². The number of alkyl halides is 3. The molecule has 1 aromatic carbocycles. The van der Waals surface area contributed by atoms with Crippen molar-refractivity contribution < 1.29 is 32.1 Å². The third-order valence-electron chi connectivity index (χ3n) is 3.59. The minimum Gasteiger partial charge on any atom is -0.285 e. The van der Waals surface area contributed by atoms with Crippen LogP contribution in [0.25, 0.3) is 5.69 Å². The highest BCUT2D eigenvalue weighted by atomic mass is 35.5. The van der Waals surface area contributed by atoms with Gasteiger partial charge in [0, 0.05) is 24.1 Å². The van der Waals surface area contributed by atoms with Gasteiger partial charge in [0.15, 0.2) is 11.6 Å². The Labute approximate surface area is 155 Å². The number of aromatic nitrogens is 2. The van der Waals surface area contributed by atoms with Crippen molar-refractivity contribution in [3.63, 3.8) is 0 Å². The molecule has 0 atom stereocenters. The average Bonchev–Trinajstić information content (AvgIpc) is 2.56. The van der Waals surface area contributed by atoms with Crippen LogP contribution in [0.5, 0.6) is 5.75 Å². The van der Waals surface area contributed by atoms with E-state index in [-0.39, 0.29) is 22.8 Å². The van der Waals surface area contributed by atoms with Crippen molar-refractivity contribution in [2.45, 2.75) is 33.4 Å². The van der Waals surface area contributed by atoms with Crippen LogP contribution in [-0.4, -0.2) is 15.7 Å². The molecule has 0 aliphatic heterocycles. The lowest BCUT2D eigenvalue weighted by molar-refractivity contribution is -0.210. The molecule has 146 valence electrons. The van der Waals surface area contributed by atoms with E-state index in [0.717, 1.165) is 19.9 Å². The molecule has 0 amide bonds. The summed E-state index contributed by atoms with van der Waals surface area (Å²) in [5, 5.41) is 3.20. The maximum absolute atomic E-state index is 14.8. The van der Waals surface area contributed by atoms with E-state index < -0.39 is 40.3 Å². The van der Waals surface area contributed by atoms with Gasteiger partial charge in [-0.05, 0) is 13.3 Å². The molecule has 0 N–H and O–H groups in total. The molecule has 0 spiro atoms. The smallest absolute Gasteiger partial charge is 0.285 e. The SMILES string of the molecule is CCc1c(F)c(-n2ncc(C(F)(F)F)c(C)c2=O)cc(OOC(C)=O)c1Cl. The molecule has 0 radical (unpaired) electrons. The number of nitrogens with zero attached hydrogens (tertiary/aromatic N) is 2. The summed E-state index contributed by atoms with van der Waals surface area (Å²) in [6.07, 6.45) is -4.31. The van der Waals surface area contributed by atoms with Crippen LogP contribution < -0.4 is 10.4 Å². The monoisotopic (exact) mass is 408 g/mol. The van der Waals surface area contributed by atoms with Gasteiger partial charge in [0.1, 0.15) is 5.69 Å². The minimum atomic E-state index is -4.79. The molecule has 2 rings (SSSR count). The second kappa shape index (κ2) is 7.55. The van der Waals surface area contributed by atoms with Gasteiger partial charge < -0.3 is 0 Å². The molecule has 0 saturated heterocycles. The molecular formula is C16H13ClF4N2O4. The van der Waals surface area contributed by atoms with Crippen LogP contribution in [0, 0.1) is 12.7 Å². The maximum Gasteiger partial charge on any atom is 0.418 e. The van der Waals surface area contributed by atoms with E-state index in [0.29, 0.717) is 10.9 Å². The summed E-state index contributed by atoms with van der Waals surface area (Å²) < 4.78 is 53.9. The summed E-state index contributed by atoms with van der Waals surface area (Å²) >= 11 is 6.00. The van der Waals surface area contributed by atoms with E-state index in [1.807, 2.05) is 0 Å². The Kier molecular flexibility index (Phi) is 5.79. The van der Waals surface area contributed by atoms with Gasteiger partial charge in [-0.15, -0.1) is 0 Å². The number of rotatable bonds is 4. The lowest BCUT2D eigenvalue weighted by Crippen LogP contribution is -2.28. The fourth-order valence-corrected chi connectivity index (χ4v) is 2.58. The van der Waals surface area contributed by atoms with E-state index in [1.54, 1.807) is 6.92 Å². The fourth-order valence-electron chi connectivity index (χ4n) is 2.28. The molecule has 0 bridgehead atoms. The molecule has 0 aliphatic rings. The number of hydrogen-bond donors (Lipinski definition) is 0. The highest BCUT2D eigenvalue weighted by Crippen LogP contribution is 2.35. The standard InChI is InChI=1S/C16H13ClF4N2O4/c1-4-9-13(17)12(27-26-8(3)24)5-11(14(9)18)23-15(25)7(2)10(6-22-23)16(19,20)21/h5-6H,4H2,1-3H3. The van der Waals surface area contributed by atoms with Crippen LogP contribution in [0.2, 0.25) is 5.02 Å². The second-order valence-electron chi connectivity index (χ2n) is 5.41. The Morgan fingerprint density at radius 2 is 2.00 bits per heavy atom. The highest BCUT2D eigenvalue weighted by molar-refractivity contribution is 6.33. The largest absolute Gasteiger partial charge is 0.418 e. The Hall–Kier alpha value is -2.62. The average molecular weight is 409 g/mol. The third kappa shape index (κ3) is 4.05. The molecule has 1 heterocycles. The summed E-state index contributed by atoms with van der Waals surface area (Å²) in [7, 11) is 0. The van der Waals surface area contributed by atoms with E-state index in [2.05, 4.69) is 9.99 Å². The fraction of sp³-hybridized carbons (Fsp3) is 0.312. The zero-order chi connectivity index (χ0) is 20.5. The minimum absolute atomic E-state index is 0.0588. The van der Waals surface area contributed by atoms with Crippen LogP contribution >= 0.6 is 11.6 Å². The topological polar surface area (TPSA) is 70.4 Å². The molecule has 2 aromatic rings. The van der Waals surface area contributed by atoms with Gasteiger partial charge in [0.2, 0.25) is 0 Å². The Morgan fingerprint density at radius 1 is 1.37 bits per heavy atom. The van der Waals surface area contributed by atoms with Gasteiger partial charge in [0.25, 0.3) is 5.56 Å². The zero-order valence-corrected chi connectivity index (χ0v) is 15.0. The van der Waals surface area contributed by atoms with E-state index >= 15 is 0 Å². The predicted molar refractivity (Wildman–Crippen MR) is 86.3 cm³/mol. The van der Waals surface area contributed by atoms with Crippen LogP contribution in [-0.2, 0) is 22.3 Å². The summed E-state index contributed by atoms with van der Waals surface area (Å²) in [6.45, 7) is 3.55. The second-order valence-corrected chi connectivity index (χ2v) is 5.79. The van der Waals surface area contributed by atoms with Gasteiger partial charge in [-0.1, -0.05) is 18.5 Å². The van der Waals surface area contributed by atoms with Gasteiger partial charge in [-0.25, -0.2) is 9.18 Å². The summed E-state index contributed by atoms with van der Waals surface area (Å²) in [4.78, 5) is 32.3. The first kappa shape index (κ1) is 20.7. The van der Waals surface area contributed by atoms with Crippen LogP contribution in [0.3, 0.4) is 0 Å². The van der Waals surface area contributed by atoms with Crippen molar-refractivity contribution in [2.24, 2.45) is 0 Å². The van der Waals surface area contributed by atoms with Gasteiger partial charge in [0.05, 0.1) is 16.8 Å². The summed E-state index contributed by atoms with van der Waals surface area (Å²) in [5.41, 5.74) is -3.66. The molecule has 0 fully saturated rings. The van der Waals surface area contributed by atoms with Crippen molar-refractivity contribution in [3.8, 4) is 11.4 Å². The Balaban J connectivity index is 2.71. The van der Waals surface area contributed by atoms with Gasteiger partial charge >= 0.3 is 12.1 Å².